The molecule has 0 saturated carbocycles. The molecule has 3 heterocycles. The van der Waals surface area contributed by atoms with Crippen molar-refractivity contribution in [3.8, 4) is 17.1 Å². The molecule has 7 heteroatoms. The molecule has 3 rings (SSSR count). The van der Waals surface area contributed by atoms with E-state index in [-0.39, 0.29) is 11.6 Å². The summed E-state index contributed by atoms with van der Waals surface area (Å²) in [5.41, 5.74) is 4.35. The van der Waals surface area contributed by atoms with Gasteiger partial charge < -0.3 is 5.11 Å². The molecular weight excluding hydrogens is 284 g/mol. The van der Waals surface area contributed by atoms with Crippen molar-refractivity contribution in [1.82, 2.24) is 14.6 Å². The van der Waals surface area contributed by atoms with Crippen molar-refractivity contribution in [2.24, 2.45) is 0 Å². The van der Waals surface area contributed by atoms with E-state index in [2.05, 4.69) is 10.1 Å². The number of aryl methyl sites for hydroxylation is 3. The summed E-state index contributed by atoms with van der Waals surface area (Å²) in [4.78, 5) is 14.6. The van der Waals surface area contributed by atoms with E-state index in [4.69, 9.17) is 0 Å². The van der Waals surface area contributed by atoms with Gasteiger partial charge in [0.1, 0.15) is 6.20 Å². The third-order valence-electron chi connectivity index (χ3n) is 3.55. The van der Waals surface area contributed by atoms with Gasteiger partial charge in [-0.1, -0.05) is 0 Å². The fraction of sp³-hybridized carbons (Fsp3) is 0.200. The second kappa shape index (κ2) is 4.80. The van der Waals surface area contributed by atoms with E-state index in [1.165, 1.54) is 16.8 Å². The molecule has 3 aromatic rings. The molecule has 0 bridgehead atoms. The summed E-state index contributed by atoms with van der Waals surface area (Å²) in [5, 5.41) is 25.2. The van der Waals surface area contributed by atoms with Crippen LogP contribution in [-0.2, 0) is 0 Å². The minimum absolute atomic E-state index is 0.0453. The minimum Gasteiger partial charge on any atom is -0.493 e. The molecule has 3 aromatic heterocycles. The molecule has 0 aromatic carbocycles. The van der Waals surface area contributed by atoms with Gasteiger partial charge in [0.05, 0.1) is 21.8 Å². The van der Waals surface area contributed by atoms with E-state index in [1.54, 1.807) is 13.0 Å². The molecule has 1 N–H and O–H groups in total. The van der Waals surface area contributed by atoms with Crippen molar-refractivity contribution in [1.29, 1.82) is 0 Å². The van der Waals surface area contributed by atoms with Crippen LogP contribution in [0.1, 0.15) is 16.8 Å². The van der Waals surface area contributed by atoms with Gasteiger partial charge in [-0.3, -0.25) is 10.1 Å². The molecule has 0 aliphatic rings. The average molecular weight is 298 g/mol. The molecule has 22 heavy (non-hydrogen) atoms. The normalized spacial score (nSPS) is 11.0. The maximum absolute atomic E-state index is 10.8. The monoisotopic (exact) mass is 298 g/mol. The predicted molar refractivity (Wildman–Crippen MR) is 81.0 cm³/mol. The Kier molecular flexibility index (Phi) is 3.05. The van der Waals surface area contributed by atoms with Gasteiger partial charge in [0.25, 0.3) is 5.69 Å². The number of fused-ring (bicyclic) bond motifs is 1. The Balaban J connectivity index is 2.31. The van der Waals surface area contributed by atoms with E-state index in [9.17, 15) is 15.2 Å². The molecular formula is C15H14N4O3. The highest BCUT2D eigenvalue weighted by Gasteiger charge is 2.19. The first-order chi connectivity index (χ1) is 10.4. The second-order valence-electron chi connectivity index (χ2n) is 5.26. The highest BCUT2D eigenvalue weighted by atomic mass is 16.6. The number of pyridine rings is 2. The minimum atomic E-state index is -0.470. The van der Waals surface area contributed by atoms with Crippen LogP contribution in [0.25, 0.3) is 16.8 Å². The van der Waals surface area contributed by atoms with Gasteiger partial charge in [-0.25, -0.2) is 9.50 Å². The van der Waals surface area contributed by atoms with Crippen LogP contribution in [-0.4, -0.2) is 24.6 Å². The molecule has 0 spiro atoms. The van der Waals surface area contributed by atoms with Crippen LogP contribution in [0.2, 0.25) is 0 Å². The standard InChI is InChI=1S/C15H14N4O3/c1-8-4-12-14(10(3)17-18(12)13(20)5-8)15-9(2)6-11(7-16-15)19(21)22/h4-7,20H,1-3H3. The molecule has 0 aliphatic carbocycles. The quantitative estimate of drug-likeness (QED) is 0.580. The molecule has 0 saturated heterocycles. The average Bonchev–Trinajstić information content (AvgIpc) is 2.75. The lowest BCUT2D eigenvalue weighted by Gasteiger charge is -2.05. The van der Waals surface area contributed by atoms with E-state index in [0.717, 1.165) is 16.6 Å². The maximum Gasteiger partial charge on any atom is 0.287 e. The van der Waals surface area contributed by atoms with Crippen molar-refractivity contribution in [3.63, 3.8) is 0 Å². The molecule has 7 nitrogen and oxygen atoms in total. The molecule has 0 unspecified atom stereocenters. The van der Waals surface area contributed by atoms with Crippen molar-refractivity contribution in [2.75, 3.05) is 0 Å². The van der Waals surface area contributed by atoms with Crippen LogP contribution < -0.4 is 0 Å². The lowest BCUT2D eigenvalue weighted by molar-refractivity contribution is -0.385. The second-order valence-corrected chi connectivity index (χ2v) is 5.26. The fourth-order valence-electron chi connectivity index (χ4n) is 2.59. The van der Waals surface area contributed by atoms with Gasteiger partial charge in [0.2, 0.25) is 5.88 Å². The third-order valence-corrected chi connectivity index (χ3v) is 3.55. The van der Waals surface area contributed by atoms with Crippen LogP contribution in [0, 0.1) is 30.9 Å². The van der Waals surface area contributed by atoms with Crippen LogP contribution >= 0.6 is 0 Å². The van der Waals surface area contributed by atoms with Gasteiger partial charge in [-0.2, -0.15) is 5.10 Å². The largest absolute Gasteiger partial charge is 0.493 e. The van der Waals surface area contributed by atoms with E-state index in [1.807, 2.05) is 19.9 Å². The zero-order valence-corrected chi connectivity index (χ0v) is 12.4. The predicted octanol–water partition coefficient (Wildman–Crippen LogP) is 2.94. The number of aromatic hydroxyl groups is 1. The third kappa shape index (κ3) is 2.07. The van der Waals surface area contributed by atoms with Crippen molar-refractivity contribution in [2.45, 2.75) is 20.8 Å². The fourth-order valence-corrected chi connectivity index (χ4v) is 2.59. The number of aromatic nitrogens is 3. The molecule has 0 amide bonds. The Hall–Kier alpha value is -2.96. The number of rotatable bonds is 2. The first-order valence-electron chi connectivity index (χ1n) is 6.69. The first-order valence-corrected chi connectivity index (χ1v) is 6.69. The van der Waals surface area contributed by atoms with Gasteiger partial charge in [-0.05, 0) is 38.0 Å². The van der Waals surface area contributed by atoms with Crippen molar-refractivity contribution >= 4 is 11.2 Å². The van der Waals surface area contributed by atoms with Gasteiger partial charge in [0, 0.05) is 17.7 Å². The van der Waals surface area contributed by atoms with Gasteiger partial charge >= 0.3 is 0 Å². The number of hydrogen-bond donors (Lipinski definition) is 1. The van der Waals surface area contributed by atoms with Crippen molar-refractivity contribution < 1.29 is 10.0 Å². The summed E-state index contributed by atoms with van der Waals surface area (Å²) < 4.78 is 1.44. The van der Waals surface area contributed by atoms with Crippen LogP contribution in [0.4, 0.5) is 5.69 Å². The summed E-state index contributed by atoms with van der Waals surface area (Å²) in [5.74, 6) is 0.0453. The molecule has 0 radical (unpaired) electrons. The van der Waals surface area contributed by atoms with Crippen LogP contribution in [0.15, 0.2) is 24.4 Å². The summed E-state index contributed by atoms with van der Waals surface area (Å²) in [6, 6.07) is 5.01. The Morgan fingerprint density at radius 1 is 1.23 bits per heavy atom. The van der Waals surface area contributed by atoms with Crippen LogP contribution in [0.5, 0.6) is 5.88 Å². The summed E-state index contributed by atoms with van der Waals surface area (Å²) >= 11 is 0. The maximum atomic E-state index is 10.8. The van der Waals surface area contributed by atoms with Crippen molar-refractivity contribution in [3.05, 3.63) is 51.3 Å². The zero-order chi connectivity index (χ0) is 16.0. The molecule has 112 valence electrons. The summed E-state index contributed by atoms with van der Waals surface area (Å²) in [6.07, 6.45) is 1.24. The topological polar surface area (TPSA) is 93.6 Å². The van der Waals surface area contributed by atoms with E-state index in [0.29, 0.717) is 17.0 Å². The Bertz CT molecular complexity index is 915. The number of nitrogens with zero attached hydrogens (tertiary/aromatic N) is 4. The van der Waals surface area contributed by atoms with Gasteiger partial charge in [0.15, 0.2) is 0 Å². The number of hydrogen-bond acceptors (Lipinski definition) is 5. The Morgan fingerprint density at radius 3 is 2.59 bits per heavy atom. The first kappa shape index (κ1) is 14.0. The smallest absolute Gasteiger partial charge is 0.287 e. The molecule has 0 aliphatic heterocycles. The molecule has 0 atom stereocenters. The lowest BCUT2D eigenvalue weighted by Crippen LogP contribution is -1.95. The molecule has 0 fully saturated rings. The SMILES string of the molecule is Cc1cc(O)n2nc(C)c(-c3ncc([N+](=O)[O-])cc3C)c2c1. The lowest BCUT2D eigenvalue weighted by atomic mass is 10.0. The van der Waals surface area contributed by atoms with Crippen LogP contribution in [0.3, 0.4) is 0 Å². The highest BCUT2D eigenvalue weighted by molar-refractivity contribution is 5.83. The summed E-state index contributed by atoms with van der Waals surface area (Å²) in [7, 11) is 0. The van der Waals surface area contributed by atoms with E-state index >= 15 is 0 Å². The van der Waals surface area contributed by atoms with Gasteiger partial charge in [-0.15, -0.1) is 0 Å². The van der Waals surface area contributed by atoms with E-state index < -0.39 is 4.92 Å². The Morgan fingerprint density at radius 2 is 1.95 bits per heavy atom. The Labute approximate surface area is 126 Å². The summed E-state index contributed by atoms with van der Waals surface area (Å²) in [6.45, 7) is 5.47. The zero-order valence-electron chi connectivity index (χ0n) is 12.4. The highest BCUT2D eigenvalue weighted by Crippen LogP contribution is 2.32. The number of nitro groups is 1.